The van der Waals surface area contributed by atoms with Crippen LogP contribution < -0.4 is 0 Å². The second kappa shape index (κ2) is 13.7. The molecule has 0 fully saturated rings. The van der Waals surface area contributed by atoms with Crippen LogP contribution in [0.15, 0.2) is 0 Å². The highest BCUT2D eigenvalue weighted by Gasteiger charge is 2.30. The van der Waals surface area contributed by atoms with E-state index in [9.17, 15) is 30.5 Å². The number of nitrogens with zero attached hydrogens (tertiary/aromatic N) is 1. The molecule has 0 aromatic heterocycles. The monoisotopic (exact) mass is 395 g/mol. The van der Waals surface area contributed by atoms with Crippen molar-refractivity contribution in [2.24, 2.45) is 0 Å². The maximum atomic E-state index is 12.9. The van der Waals surface area contributed by atoms with Crippen molar-refractivity contribution in [3.05, 3.63) is 0 Å². The van der Waals surface area contributed by atoms with E-state index in [4.69, 9.17) is 0 Å². The molecule has 3 unspecified atom stereocenters. The summed E-state index contributed by atoms with van der Waals surface area (Å²) in [5, 5.41) is 0. The Morgan fingerprint density at radius 1 is 0.880 bits per heavy atom. The molecule has 0 aromatic carbocycles. The van der Waals surface area contributed by atoms with Crippen LogP contribution in [0.4, 0.5) is 17.6 Å². The van der Waals surface area contributed by atoms with Crippen molar-refractivity contribution in [2.45, 2.75) is 65.5 Å². The van der Waals surface area contributed by atoms with E-state index in [1.165, 1.54) is 30.7 Å². The lowest BCUT2D eigenvalue weighted by Crippen LogP contribution is -2.47. The van der Waals surface area contributed by atoms with E-state index in [0.29, 0.717) is 0 Å². The first kappa shape index (κ1) is 26.8. The van der Waals surface area contributed by atoms with Gasteiger partial charge in [0, 0.05) is 0 Å². The first-order valence-corrected chi connectivity index (χ1v) is 10.4. The van der Waals surface area contributed by atoms with Gasteiger partial charge in [-0.3, -0.25) is 4.39 Å². The van der Waals surface area contributed by atoms with E-state index in [0.717, 1.165) is 0 Å². The number of hydrogen-bond acceptors (Lipinski definition) is 3. The van der Waals surface area contributed by atoms with Crippen LogP contribution in [-0.4, -0.2) is 74.6 Å². The fourth-order valence-electron chi connectivity index (χ4n) is 2.45. The molecule has 0 radical (unpaired) electrons. The molecule has 0 saturated heterocycles. The molecule has 154 valence electrons. The number of alkyl halides is 4. The molecule has 0 N–H and O–H groups in total. The number of unbranched alkanes of at least 4 members (excludes halogenated alkanes) is 1. The van der Waals surface area contributed by atoms with Crippen molar-refractivity contribution in [1.29, 1.82) is 0 Å². The molecule has 0 amide bonds. The summed E-state index contributed by atoms with van der Waals surface area (Å²) in [5.74, 6) is -1.59. The predicted molar refractivity (Wildman–Crippen MR) is 91.5 cm³/mol. The maximum Gasteiger partial charge on any atom is 0.163 e. The highest BCUT2D eigenvalue weighted by molar-refractivity contribution is 7.85. The normalized spacial score (nSPS) is 15.9. The fourth-order valence-corrected chi connectivity index (χ4v) is 3.02. The van der Waals surface area contributed by atoms with Gasteiger partial charge in [-0.05, 0) is 47.0 Å². The van der Waals surface area contributed by atoms with Gasteiger partial charge in [0.1, 0.15) is 12.3 Å². The average Bonchev–Trinajstić information content (AvgIpc) is 2.56. The Balaban J connectivity index is 0. The molecule has 25 heavy (non-hydrogen) atoms. The third-order valence-electron chi connectivity index (χ3n) is 4.60. The summed E-state index contributed by atoms with van der Waals surface area (Å²) in [7, 11) is -4.92. The van der Waals surface area contributed by atoms with E-state index in [1.807, 2.05) is 0 Å². The van der Waals surface area contributed by atoms with Gasteiger partial charge < -0.3 is 9.04 Å². The molecule has 0 aliphatic rings. The first-order valence-electron chi connectivity index (χ1n) is 8.79. The largest absolute Gasteiger partial charge is 0.748 e. The summed E-state index contributed by atoms with van der Waals surface area (Å²) in [6, 6.07) is 0. The second-order valence-electron chi connectivity index (χ2n) is 5.99. The maximum absolute atomic E-state index is 12.9. The molecular formula is C16H33F4NO3S. The van der Waals surface area contributed by atoms with Crippen molar-refractivity contribution in [3.63, 3.8) is 0 Å². The average molecular weight is 396 g/mol. The van der Waals surface area contributed by atoms with Gasteiger partial charge in [0.25, 0.3) is 0 Å². The van der Waals surface area contributed by atoms with Crippen molar-refractivity contribution >= 4 is 10.1 Å². The minimum atomic E-state index is -4.92. The Morgan fingerprint density at radius 2 is 1.32 bits per heavy atom. The lowest BCUT2D eigenvalue weighted by atomic mass is 10.1. The minimum absolute atomic E-state index is 0.0317. The van der Waals surface area contributed by atoms with E-state index < -0.39 is 47.5 Å². The van der Waals surface area contributed by atoms with E-state index in [2.05, 4.69) is 27.7 Å². The van der Waals surface area contributed by atoms with Gasteiger partial charge in [-0.1, -0.05) is 0 Å². The lowest BCUT2D eigenvalue weighted by Gasteiger charge is -2.34. The summed E-state index contributed by atoms with van der Waals surface area (Å²) < 4.78 is 81.8. The molecule has 9 heteroatoms. The van der Waals surface area contributed by atoms with E-state index in [-0.39, 0.29) is 12.8 Å². The Hall–Kier alpha value is -0.410. The SMILES string of the molecule is CC[N+](CC)(CC)CC.O=S(=O)([O-])CC(F)C(F)C(F)CCCCF. The number of hydrogen-bond donors (Lipinski definition) is 0. The highest BCUT2D eigenvalue weighted by Crippen LogP contribution is 2.18. The molecule has 0 aromatic rings. The third-order valence-corrected chi connectivity index (χ3v) is 5.33. The topological polar surface area (TPSA) is 57.2 Å². The zero-order valence-corrected chi connectivity index (χ0v) is 16.5. The lowest BCUT2D eigenvalue weighted by molar-refractivity contribution is -0.921. The van der Waals surface area contributed by atoms with Crippen LogP contribution in [0.25, 0.3) is 0 Å². The van der Waals surface area contributed by atoms with Crippen molar-refractivity contribution in [2.75, 3.05) is 38.6 Å². The summed E-state index contributed by atoms with van der Waals surface area (Å²) in [6.45, 7) is 13.5. The van der Waals surface area contributed by atoms with Crippen LogP contribution in [0.1, 0.15) is 47.0 Å². The summed E-state index contributed by atoms with van der Waals surface area (Å²) >= 11 is 0. The van der Waals surface area contributed by atoms with Crippen molar-refractivity contribution in [1.82, 2.24) is 0 Å². The Bertz CT molecular complexity index is 402. The summed E-state index contributed by atoms with van der Waals surface area (Å²) in [4.78, 5) is 0. The van der Waals surface area contributed by atoms with Gasteiger partial charge >= 0.3 is 0 Å². The first-order chi connectivity index (χ1) is 11.5. The molecule has 0 rings (SSSR count). The summed E-state index contributed by atoms with van der Waals surface area (Å²) in [5.41, 5.74) is 0. The molecule has 0 aliphatic heterocycles. The third kappa shape index (κ3) is 12.6. The summed E-state index contributed by atoms with van der Waals surface area (Å²) in [6.07, 6.45) is -7.89. The molecule has 0 saturated carbocycles. The van der Waals surface area contributed by atoms with Crippen molar-refractivity contribution in [3.8, 4) is 0 Å². The zero-order valence-electron chi connectivity index (χ0n) is 15.7. The molecule has 0 spiro atoms. The Labute approximate surface area is 149 Å². The van der Waals surface area contributed by atoms with Gasteiger partial charge in [0.15, 0.2) is 6.17 Å². The molecular weight excluding hydrogens is 362 g/mol. The van der Waals surface area contributed by atoms with Gasteiger partial charge in [0.2, 0.25) is 0 Å². The minimum Gasteiger partial charge on any atom is -0.748 e. The van der Waals surface area contributed by atoms with Crippen molar-refractivity contribution < 1.29 is 35.0 Å². The van der Waals surface area contributed by atoms with Crippen LogP contribution in [0.2, 0.25) is 0 Å². The molecule has 3 atom stereocenters. The van der Waals surface area contributed by atoms with Crippen LogP contribution >= 0.6 is 0 Å². The Morgan fingerprint density at radius 3 is 1.60 bits per heavy atom. The van der Waals surface area contributed by atoms with Gasteiger partial charge in [-0.25, -0.2) is 21.6 Å². The number of rotatable bonds is 12. The van der Waals surface area contributed by atoms with Gasteiger partial charge in [-0.2, -0.15) is 0 Å². The molecule has 0 aliphatic carbocycles. The van der Waals surface area contributed by atoms with Gasteiger partial charge in [-0.15, -0.1) is 0 Å². The smallest absolute Gasteiger partial charge is 0.163 e. The highest BCUT2D eigenvalue weighted by atomic mass is 32.2. The van der Waals surface area contributed by atoms with Gasteiger partial charge in [0.05, 0.1) is 48.7 Å². The molecule has 4 nitrogen and oxygen atoms in total. The fraction of sp³-hybridized carbons (Fsp3) is 1.00. The van der Waals surface area contributed by atoms with E-state index in [1.54, 1.807) is 0 Å². The van der Waals surface area contributed by atoms with Crippen LogP contribution in [0, 0.1) is 0 Å². The Kier molecular flexibility index (Phi) is 14.7. The van der Waals surface area contributed by atoms with Crippen LogP contribution in [-0.2, 0) is 10.1 Å². The molecule has 0 bridgehead atoms. The van der Waals surface area contributed by atoms with Crippen LogP contribution in [0.5, 0.6) is 0 Å². The quantitative estimate of drug-likeness (QED) is 0.220. The second-order valence-corrected chi connectivity index (χ2v) is 7.44. The standard InChI is InChI=1S/C8H14F4O3S.C8H20N/c9-4-2-1-3-6(10)8(12)7(11)5-16(13,14)15;1-5-9(6-2,7-3)8-4/h6-8H,1-5H2,(H,13,14,15);5-8H2,1-4H3/q;+1/p-1. The van der Waals surface area contributed by atoms with E-state index >= 15 is 0 Å². The predicted octanol–water partition coefficient (Wildman–Crippen LogP) is 3.57. The number of halogens is 4. The zero-order chi connectivity index (χ0) is 20.1. The number of quaternary nitrogens is 1. The molecule has 0 heterocycles. The van der Waals surface area contributed by atoms with Crippen LogP contribution in [0.3, 0.4) is 0 Å².